The first kappa shape index (κ1) is 20.2. The van der Waals surface area contributed by atoms with Crippen molar-refractivity contribution < 1.29 is 23.1 Å². The minimum absolute atomic E-state index is 0.000907. The summed E-state index contributed by atoms with van der Waals surface area (Å²) in [6.07, 6.45) is 0. The molecule has 2 aromatic carbocycles. The molecule has 0 radical (unpaired) electrons. The molecule has 0 heterocycles. The van der Waals surface area contributed by atoms with Gasteiger partial charge in [0.1, 0.15) is 11.6 Å². The molecule has 2 rings (SSSR count). The lowest BCUT2D eigenvalue weighted by atomic mass is 10.1. The fourth-order valence-corrected chi connectivity index (χ4v) is 3.01. The predicted octanol–water partition coefficient (Wildman–Crippen LogP) is 4.13. The Hall–Kier alpha value is -2.12. The summed E-state index contributed by atoms with van der Waals surface area (Å²) in [5.74, 6) is -2.65. The van der Waals surface area contributed by atoms with E-state index < -0.39 is 30.1 Å². The minimum atomic E-state index is -0.704. The van der Waals surface area contributed by atoms with Crippen LogP contribution < -0.4 is 5.32 Å². The molecule has 0 spiro atoms. The van der Waals surface area contributed by atoms with E-state index in [9.17, 15) is 18.4 Å². The molecule has 26 heavy (non-hydrogen) atoms. The Labute approximate surface area is 158 Å². The molecule has 1 N–H and O–H groups in total. The van der Waals surface area contributed by atoms with Crippen molar-refractivity contribution >= 4 is 35.2 Å². The van der Waals surface area contributed by atoms with Gasteiger partial charge in [-0.2, -0.15) is 0 Å². The van der Waals surface area contributed by atoms with Crippen molar-refractivity contribution in [2.45, 2.75) is 17.9 Å². The Morgan fingerprint density at radius 1 is 1.23 bits per heavy atom. The SMILES string of the molecule is C[C@@H](NC(=O)COC(=O)CSc1cc(F)ccc1F)c1cccc(Cl)c1. The third kappa shape index (κ3) is 6.31. The van der Waals surface area contributed by atoms with Crippen LogP contribution in [0.2, 0.25) is 5.02 Å². The molecule has 0 aromatic heterocycles. The van der Waals surface area contributed by atoms with Gasteiger partial charge in [-0.25, -0.2) is 8.78 Å². The zero-order chi connectivity index (χ0) is 19.1. The number of carbonyl (C=O) groups is 2. The second kappa shape index (κ2) is 9.54. The van der Waals surface area contributed by atoms with E-state index in [1.165, 1.54) is 0 Å². The maximum absolute atomic E-state index is 13.5. The molecule has 0 saturated heterocycles. The molecule has 0 saturated carbocycles. The number of ether oxygens (including phenoxy) is 1. The van der Waals surface area contributed by atoms with Gasteiger partial charge in [-0.15, -0.1) is 11.8 Å². The fourth-order valence-electron chi connectivity index (χ4n) is 2.05. The van der Waals surface area contributed by atoms with Crippen LogP contribution in [0.4, 0.5) is 8.78 Å². The monoisotopic (exact) mass is 399 g/mol. The van der Waals surface area contributed by atoms with E-state index in [2.05, 4.69) is 5.32 Å². The topological polar surface area (TPSA) is 55.4 Å². The summed E-state index contributed by atoms with van der Waals surface area (Å²) in [5.41, 5.74) is 0.814. The lowest BCUT2D eigenvalue weighted by molar-refractivity contribution is -0.146. The first-order valence-corrected chi connectivity index (χ1v) is 9.00. The highest BCUT2D eigenvalue weighted by Gasteiger charge is 2.13. The van der Waals surface area contributed by atoms with Crippen molar-refractivity contribution in [2.75, 3.05) is 12.4 Å². The van der Waals surface area contributed by atoms with E-state index in [1.54, 1.807) is 25.1 Å². The van der Waals surface area contributed by atoms with Crippen LogP contribution in [0.5, 0.6) is 0 Å². The first-order chi connectivity index (χ1) is 12.3. The van der Waals surface area contributed by atoms with Crippen molar-refractivity contribution in [1.29, 1.82) is 0 Å². The van der Waals surface area contributed by atoms with Gasteiger partial charge < -0.3 is 10.1 Å². The largest absolute Gasteiger partial charge is 0.455 e. The molecule has 0 aliphatic rings. The molecule has 4 nitrogen and oxygen atoms in total. The van der Waals surface area contributed by atoms with Gasteiger partial charge in [0.25, 0.3) is 5.91 Å². The van der Waals surface area contributed by atoms with Gasteiger partial charge in [-0.3, -0.25) is 9.59 Å². The summed E-state index contributed by atoms with van der Waals surface area (Å²) in [6.45, 7) is 1.31. The molecule has 0 aliphatic heterocycles. The van der Waals surface area contributed by atoms with Crippen molar-refractivity contribution in [3.8, 4) is 0 Å². The zero-order valence-corrected chi connectivity index (χ0v) is 15.4. The van der Waals surface area contributed by atoms with Gasteiger partial charge in [0, 0.05) is 9.92 Å². The number of halogens is 3. The second-order valence-electron chi connectivity index (χ2n) is 5.37. The quantitative estimate of drug-likeness (QED) is 0.562. The molecule has 8 heteroatoms. The maximum Gasteiger partial charge on any atom is 0.316 e. The highest BCUT2D eigenvalue weighted by Crippen LogP contribution is 2.22. The summed E-state index contributed by atoms with van der Waals surface area (Å²) >= 11 is 6.70. The molecule has 0 fully saturated rings. The van der Waals surface area contributed by atoms with Crippen LogP contribution in [0, 0.1) is 11.6 Å². The van der Waals surface area contributed by atoms with Crippen LogP contribution in [0.15, 0.2) is 47.4 Å². The molecule has 0 bridgehead atoms. The smallest absolute Gasteiger partial charge is 0.316 e. The summed E-state index contributed by atoms with van der Waals surface area (Å²) in [5, 5.41) is 3.23. The zero-order valence-electron chi connectivity index (χ0n) is 13.8. The van der Waals surface area contributed by atoms with E-state index in [0.29, 0.717) is 5.02 Å². The van der Waals surface area contributed by atoms with Crippen LogP contribution in [0.3, 0.4) is 0 Å². The van der Waals surface area contributed by atoms with Gasteiger partial charge >= 0.3 is 5.97 Å². The van der Waals surface area contributed by atoms with Gasteiger partial charge in [-0.1, -0.05) is 23.7 Å². The third-order valence-corrected chi connectivity index (χ3v) is 4.57. The Morgan fingerprint density at radius 2 is 2.00 bits per heavy atom. The number of rotatable bonds is 7. The van der Waals surface area contributed by atoms with Gasteiger partial charge in [-0.05, 0) is 42.8 Å². The highest BCUT2D eigenvalue weighted by atomic mass is 35.5. The van der Waals surface area contributed by atoms with Crippen molar-refractivity contribution in [2.24, 2.45) is 0 Å². The number of amides is 1. The van der Waals surface area contributed by atoms with Gasteiger partial charge in [0.2, 0.25) is 0 Å². The molecule has 2 aromatic rings. The normalized spacial score (nSPS) is 11.7. The molecular formula is C18H16ClF2NO3S. The Bertz CT molecular complexity index is 804. The van der Waals surface area contributed by atoms with Gasteiger partial charge in [0.05, 0.1) is 11.8 Å². The van der Waals surface area contributed by atoms with E-state index in [4.69, 9.17) is 16.3 Å². The van der Waals surface area contributed by atoms with Crippen molar-refractivity contribution in [3.05, 3.63) is 64.7 Å². The summed E-state index contributed by atoms with van der Waals surface area (Å²) in [7, 11) is 0. The van der Waals surface area contributed by atoms with Crippen LogP contribution in [0.25, 0.3) is 0 Å². The second-order valence-corrected chi connectivity index (χ2v) is 6.82. The van der Waals surface area contributed by atoms with E-state index in [0.717, 1.165) is 35.5 Å². The average molecular weight is 400 g/mol. The number of hydrogen-bond acceptors (Lipinski definition) is 4. The number of esters is 1. The number of hydrogen-bond donors (Lipinski definition) is 1. The van der Waals surface area contributed by atoms with Gasteiger partial charge in [0.15, 0.2) is 6.61 Å². The average Bonchev–Trinajstić information content (AvgIpc) is 2.60. The Morgan fingerprint density at radius 3 is 2.73 bits per heavy atom. The number of nitrogens with one attached hydrogen (secondary N) is 1. The summed E-state index contributed by atoms with van der Waals surface area (Å²) < 4.78 is 31.4. The molecule has 138 valence electrons. The third-order valence-electron chi connectivity index (χ3n) is 3.33. The number of benzene rings is 2. The lowest BCUT2D eigenvalue weighted by Crippen LogP contribution is -2.31. The predicted molar refractivity (Wildman–Crippen MR) is 96.1 cm³/mol. The van der Waals surface area contributed by atoms with Crippen LogP contribution >= 0.6 is 23.4 Å². The van der Waals surface area contributed by atoms with Crippen molar-refractivity contribution in [1.82, 2.24) is 5.32 Å². The molecule has 0 unspecified atom stereocenters. The number of thioether (sulfide) groups is 1. The van der Waals surface area contributed by atoms with Crippen LogP contribution in [0.1, 0.15) is 18.5 Å². The first-order valence-electron chi connectivity index (χ1n) is 7.63. The van der Waals surface area contributed by atoms with Crippen LogP contribution in [-0.2, 0) is 14.3 Å². The van der Waals surface area contributed by atoms with Crippen molar-refractivity contribution in [3.63, 3.8) is 0 Å². The fraction of sp³-hybridized carbons (Fsp3) is 0.222. The van der Waals surface area contributed by atoms with Crippen LogP contribution in [-0.4, -0.2) is 24.2 Å². The molecular weight excluding hydrogens is 384 g/mol. The Kier molecular flexibility index (Phi) is 7.41. The number of carbonyl (C=O) groups excluding carboxylic acids is 2. The minimum Gasteiger partial charge on any atom is -0.455 e. The molecule has 1 amide bonds. The summed E-state index contributed by atoms with van der Waals surface area (Å²) in [6, 6.07) is 9.68. The Balaban J connectivity index is 1.76. The summed E-state index contributed by atoms with van der Waals surface area (Å²) in [4.78, 5) is 23.5. The lowest BCUT2D eigenvalue weighted by Gasteiger charge is -2.14. The molecule has 0 aliphatic carbocycles. The highest BCUT2D eigenvalue weighted by molar-refractivity contribution is 8.00. The standard InChI is InChI=1S/C18H16ClF2NO3S/c1-11(12-3-2-4-13(19)7-12)22-17(23)9-25-18(24)10-26-16-8-14(20)5-6-15(16)21/h2-8,11H,9-10H2,1H3,(H,22,23)/t11-/m1/s1. The van der Waals surface area contributed by atoms with E-state index in [-0.39, 0.29) is 16.7 Å². The van der Waals surface area contributed by atoms with E-state index in [1.807, 2.05) is 6.07 Å². The maximum atomic E-state index is 13.5. The molecule has 1 atom stereocenters. The van der Waals surface area contributed by atoms with E-state index >= 15 is 0 Å².